The third-order valence-electron chi connectivity index (χ3n) is 4.16. The second-order valence-corrected chi connectivity index (χ2v) is 6.11. The Morgan fingerprint density at radius 3 is 2.65 bits per heavy atom. The fraction of sp³-hybridized carbons (Fsp3) is 0.143. The molecular weight excluding hydrogens is 324 g/mol. The minimum Gasteiger partial charge on any atom is -0.465 e. The first-order chi connectivity index (χ1) is 12.8. The fourth-order valence-electron chi connectivity index (χ4n) is 2.85. The Labute approximate surface area is 152 Å². The van der Waals surface area contributed by atoms with E-state index >= 15 is 0 Å². The summed E-state index contributed by atoms with van der Waals surface area (Å²) in [7, 11) is 0. The van der Waals surface area contributed by atoms with Crippen molar-refractivity contribution in [1.29, 1.82) is 0 Å². The maximum atomic E-state index is 5.58. The van der Waals surface area contributed by atoms with Gasteiger partial charge in [0.05, 0.1) is 24.3 Å². The van der Waals surface area contributed by atoms with E-state index in [1.165, 1.54) is 0 Å². The monoisotopic (exact) mass is 344 g/mol. The Bertz CT molecular complexity index is 1010. The van der Waals surface area contributed by atoms with Crippen molar-refractivity contribution in [2.24, 2.45) is 0 Å². The van der Waals surface area contributed by atoms with Crippen LogP contribution in [0.25, 0.3) is 10.9 Å². The zero-order valence-electron chi connectivity index (χ0n) is 14.6. The maximum absolute atomic E-state index is 5.58. The zero-order valence-corrected chi connectivity index (χ0v) is 14.6. The first-order valence-electron chi connectivity index (χ1n) is 8.61. The molecule has 0 radical (unpaired) electrons. The van der Waals surface area contributed by atoms with Gasteiger partial charge in [0, 0.05) is 17.3 Å². The highest BCUT2D eigenvalue weighted by atomic mass is 16.3. The summed E-state index contributed by atoms with van der Waals surface area (Å²) in [5, 5.41) is 7.84. The number of hydrogen-bond acceptors (Lipinski definition) is 5. The lowest BCUT2D eigenvalue weighted by atomic mass is 10.1. The Morgan fingerprint density at radius 1 is 0.885 bits per heavy atom. The molecule has 0 saturated carbocycles. The molecule has 0 atom stereocenters. The topological polar surface area (TPSA) is 63.0 Å². The molecule has 0 aliphatic rings. The van der Waals surface area contributed by atoms with Gasteiger partial charge in [-0.15, -0.1) is 0 Å². The van der Waals surface area contributed by atoms with E-state index in [9.17, 15) is 0 Å². The summed E-state index contributed by atoms with van der Waals surface area (Å²) in [6.07, 6.45) is 1.81. The standard InChI is InChI=1S/C21H20N4O/c1-15-8-9-17(26-15)14-24-21-11-10-18-19(6-4-7-20(18)25-21)23-13-16-5-2-3-12-22-16/h2-12,23H,13-14H2,1H3,(H,24,25). The summed E-state index contributed by atoms with van der Waals surface area (Å²) in [6, 6.07) is 20.0. The lowest BCUT2D eigenvalue weighted by Crippen LogP contribution is -2.03. The van der Waals surface area contributed by atoms with Gasteiger partial charge in [-0.2, -0.15) is 0 Å². The van der Waals surface area contributed by atoms with Crippen molar-refractivity contribution in [2.45, 2.75) is 20.0 Å². The minimum atomic E-state index is 0.615. The van der Waals surface area contributed by atoms with Crippen LogP contribution in [0.5, 0.6) is 0 Å². The maximum Gasteiger partial charge on any atom is 0.127 e. The molecule has 3 heterocycles. The molecule has 0 spiro atoms. The number of aryl methyl sites for hydroxylation is 1. The predicted octanol–water partition coefficient (Wildman–Crippen LogP) is 4.76. The molecule has 26 heavy (non-hydrogen) atoms. The third-order valence-corrected chi connectivity index (χ3v) is 4.16. The quantitative estimate of drug-likeness (QED) is 0.528. The Balaban J connectivity index is 1.49. The number of hydrogen-bond donors (Lipinski definition) is 2. The van der Waals surface area contributed by atoms with Gasteiger partial charge in [-0.1, -0.05) is 12.1 Å². The van der Waals surface area contributed by atoms with E-state index in [1.54, 1.807) is 6.20 Å². The Morgan fingerprint density at radius 2 is 1.85 bits per heavy atom. The van der Waals surface area contributed by atoms with E-state index in [2.05, 4.69) is 27.8 Å². The minimum absolute atomic E-state index is 0.615. The van der Waals surface area contributed by atoms with Crippen LogP contribution in [-0.2, 0) is 13.1 Å². The van der Waals surface area contributed by atoms with Crippen molar-refractivity contribution in [3.8, 4) is 0 Å². The molecule has 0 saturated heterocycles. The Kier molecular flexibility index (Phi) is 4.51. The molecule has 2 N–H and O–H groups in total. The van der Waals surface area contributed by atoms with E-state index in [0.717, 1.165) is 39.6 Å². The van der Waals surface area contributed by atoms with E-state index in [-0.39, 0.29) is 0 Å². The average molecular weight is 344 g/mol. The molecule has 0 unspecified atom stereocenters. The average Bonchev–Trinajstić information content (AvgIpc) is 3.10. The smallest absolute Gasteiger partial charge is 0.127 e. The second-order valence-electron chi connectivity index (χ2n) is 6.11. The molecule has 0 fully saturated rings. The summed E-state index contributed by atoms with van der Waals surface area (Å²) in [5.74, 6) is 2.64. The van der Waals surface area contributed by atoms with Crippen molar-refractivity contribution in [1.82, 2.24) is 9.97 Å². The highest BCUT2D eigenvalue weighted by molar-refractivity contribution is 5.92. The van der Waals surface area contributed by atoms with E-state index in [0.29, 0.717) is 13.1 Å². The predicted molar refractivity (Wildman–Crippen MR) is 104 cm³/mol. The number of nitrogens with zero attached hydrogens (tertiary/aromatic N) is 2. The SMILES string of the molecule is Cc1ccc(CNc2ccc3c(NCc4ccccn4)cccc3n2)o1. The fourth-order valence-corrected chi connectivity index (χ4v) is 2.85. The van der Waals surface area contributed by atoms with Crippen molar-refractivity contribution in [3.63, 3.8) is 0 Å². The van der Waals surface area contributed by atoms with Gasteiger partial charge in [0.25, 0.3) is 0 Å². The number of pyridine rings is 2. The summed E-state index contributed by atoms with van der Waals surface area (Å²) >= 11 is 0. The van der Waals surface area contributed by atoms with Crippen LogP contribution in [-0.4, -0.2) is 9.97 Å². The van der Waals surface area contributed by atoms with Crippen LogP contribution in [0.2, 0.25) is 0 Å². The van der Waals surface area contributed by atoms with Gasteiger partial charge < -0.3 is 15.1 Å². The van der Waals surface area contributed by atoms with Crippen LogP contribution in [0.15, 0.2) is 71.3 Å². The molecule has 4 aromatic rings. The molecule has 5 nitrogen and oxygen atoms in total. The largest absolute Gasteiger partial charge is 0.465 e. The molecule has 5 heteroatoms. The summed E-state index contributed by atoms with van der Waals surface area (Å²) < 4.78 is 5.58. The van der Waals surface area contributed by atoms with Crippen LogP contribution < -0.4 is 10.6 Å². The molecule has 4 rings (SSSR count). The molecule has 0 bridgehead atoms. The molecule has 1 aromatic carbocycles. The van der Waals surface area contributed by atoms with Gasteiger partial charge in [-0.3, -0.25) is 4.98 Å². The number of aromatic nitrogens is 2. The van der Waals surface area contributed by atoms with Crippen LogP contribution in [0, 0.1) is 6.92 Å². The van der Waals surface area contributed by atoms with Gasteiger partial charge in [-0.05, 0) is 55.5 Å². The van der Waals surface area contributed by atoms with Crippen molar-refractivity contribution >= 4 is 22.4 Å². The number of fused-ring (bicyclic) bond motifs is 1. The lowest BCUT2D eigenvalue weighted by Gasteiger charge is -2.11. The molecule has 0 amide bonds. The zero-order chi connectivity index (χ0) is 17.8. The lowest BCUT2D eigenvalue weighted by molar-refractivity contribution is 0.490. The van der Waals surface area contributed by atoms with Crippen molar-refractivity contribution < 1.29 is 4.42 Å². The summed E-state index contributed by atoms with van der Waals surface area (Å²) in [5.41, 5.74) is 3.00. The third kappa shape index (κ3) is 3.67. The van der Waals surface area contributed by atoms with Crippen LogP contribution in [0.1, 0.15) is 17.2 Å². The second kappa shape index (κ2) is 7.27. The first kappa shape index (κ1) is 16.1. The van der Waals surface area contributed by atoms with E-state index in [1.807, 2.05) is 55.5 Å². The highest BCUT2D eigenvalue weighted by Gasteiger charge is 2.05. The molecule has 3 aromatic heterocycles. The highest BCUT2D eigenvalue weighted by Crippen LogP contribution is 2.24. The van der Waals surface area contributed by atoms with Crippen LogP contribution >= 0.6 is 0 Å². The van der Waals surface area contributed by atoms with Gasteiger partial charge in [-0.25, -0.2) is 4.98 Å². The first-order valence-corrected chi connectivity index (χ1v) is 8.61. The molecule has 0 aliphatic carbocycles. The summed E-state index contributed by atoms with van der Waals surface area (Å²) in [4.78, 5) is 9.05. The van der Waals surface area contributed by atoms with Crippen LogP contribution in [0.3, 0.4) is 0 Å². The summed E-state index contributed by atoms with van der Waals surface area (Å²) in [6.45, 7) is 3.24. The van der Waals surface area contributed by atoms with Crippen molar-refractivity contribution in [3.05, 3.63) is 84.1 Å². The molecule has 0 aliphatic heterocycles. The Hall–Kier alpha value is -3.34. The van der Waals surface area contributed by atoms with E-state index in [4.69, 9.17) is 9.40 Å². The molecule has 130 valence electrons. The molecular formula is C21H20N4O. The van der Waals surface area contributed by atoms with Gasteiger partial charge in [0.15, 0.2) is 0 Å². The van der Waals surface area contributed by atoms with Crippen LogP contribution in [0.4, 0.5) is 11.5 Å². The number of anilines is 2. The number of benzene rings is 1. The van der Waals surface area contributed by atoms with Gasteiger partial charge in [0.2, 0.25) is 0 Å². The van der Waals surface area contributed by atoms with Gasteiger partial charge >= 0.3 is 0 Å². The van der Waals surface area contributed by atoms with Crippen molar-refractivity contribution in [2.75, 3.05) is 10.6 Å². The van der Waals surface area contributed by atoms with Gasteiger partial charge in [0.1, 0.15) is 17.3 Å². The number of rotatable bonds is 6. The number of nitrogens with one attached hydrogen (secondary N) is 2. The van der Waals surface area contributed by atoms with E-state index < -0.39 is 0 Å². The normalized spacial score (nSPS) is 10.8. The number of furan rings is 1.